The summed E-state index contributed by atoms with van der Waals surface area (Å²) in [5.74, 6) is -1.25. The van der Waals surface area contributed by atoms with Crippen molar-refractivity contribution in [2.45, 2.75) is 38.6 Å². The zero-order valence-corrected chi connectivity index (χ0v) is 19.4. The Balaban J connectivity index is 1.91. The number of halogens is 1. The maximum absolute atomic E-state index is 14.6. The van der Waals surface area contributed by atoms with E-state index in [9.17, 15) is 17.6 Å². The Hall–Kier alpha value is -3.19. The highest BCUT2D eigenvalue weighted by molar-refractivity contribution is 7.92. The van der Waals surface area contributed by atoms with Crippen LogP contribution < -0.4 is 9.62 Å². The first-order valence-electron chi connectivity index (χ1n) is 10.3. The summed E-state index contributed by atoms with van der Waals surface area (Å²) in [6.45, 7) is 7.07. The SMILES string of the molecule is Cc1ccc(S(=O)(=O)N(CC(=O)N[C@@H](C)c2ccc(C)cc2C)c2ccccc2F)cc1. The van der Waals surface area contributed by atoms with Crippen molar-refractivity contribution in [2.75, 3.05) is 10.8 Å². The van der Waals surface area contributed by atoms with Crippen molar-refractivity contribution < 1.29 is 17.6 Å². The molecule has 0 radical (unpaired) electrons. The van der Waals surface area contributed by atoms with Crippen LogP contribution in [0.2, 0.25) is 0 Å². The lowest BCUT2D eigenvalue weighted by Gasteiger charge is -2.25. The molecule has 7 heteroatoms. The summed E-state index contributed by atoms with van der Waals surface area (Å²) in [5.41, 5.74) is 3.78. The topological polar surface area (TPSA) is 66.5 Å². The number of amides is 1. The number of carbonyl (C=O) groups is 1. The number of hydrogen-bond acceptors (Lipinski definition) is 3. The lowest BCUT2D eigenvalue weighted by molar-refractivity contribution is -0.120. The molecule has 0 aliphatic rings. The number of carbonyl (C=O) groups excluding carboxylic acids is 1. The van der Waals surface area contributed by atoms with Crippen molar-refractivity contribution in [3.8, 4) is 0 Å². The highest BCUT2D eigenvalue weighted by atomic mass is 32.2. The lowest BCUT2D eigenvalue weighted by Crippen LogP contribution is -2.42. The normalized spacial score (nSPS) is 12.3. The van der Waals surface area contributed by atoms with Crippen molar-refractivity contribution in [1.82, 2.24) is 5.32 Å². The van der Waals surface area contributed by atoms with Gasteiger partial charge in [-0.3, -0.25) is 9.10 Å². The molecule has 0 unspecified atom stereocenters. The zero-order valence-electron chi connectivity index (χ0n) is 18.6. The number of sulfonamides is 1. The van der Waals surface area contributed by atoms with E-state index in [1.165, 1.54) is 36.4 Å². The van der Waals surface area contributed by atoms with Gasteiger partial charge in [0.2, 0.25) is 5.91 Å². The van der Waals surface area contributed by atoms with Crippen molar-refractivity contribution >= 4 is 21.6 Å². The van der Waals surface area contributed by atoms with Crippen LogP contribution in [0.15, 0.2) is 71.6 Å². The van der Waals surface area contributed by atoms with Gasteiger partial charge >= 0.3 is 0 Å². The quantitative estimate of drug-likeness (QED) is 0.556. The molecule has 0 aliphatic carbocycles. The smallest absolute Gasteiger partial charge is 0.264 e. The van der Waals surface area contributed by atoms with Gasteiger partial charge in [0.1, 0.15) is 12.4 Å². The molecular formula is C25H27FN2O3S. The molecule has 1 amide bonds. The van der Waals surface area contributed by atoms with Crippen LogP contribution in [-0.4, -0.2) is 20.9 Å². The standard InChI is InChI=1S/C25H27FN2O3S/c1-17-9-12-21(13-10-17)32(30,31)28(24-8-6-5-7-23(24)26)16-25(29)27-20(4)22-14-11-18(2)15-19(22)3/h5-15,20H,16H2,1-4H3,(H,27,29)/t20-/m0/s1. The van der Waals surface area contributed by atoms with E-state index in [0.717, 1.165) is 26.6 Å². The number of aryl methyl sites for hydroxylation is 3. The molecule has 1 atom stereocenters. The molecular weight excluding hydrogens is 427 g/mol. The second kappa shape index (κ2) is 9.53. The Labute approximate surface area is 188 Å². The summed E-state index contributed by atoms with van der Waals surface area (Å²) in [6.07, 6.45) is 0. The third-order valence-electron chi connectivity index (χ3n) is 5.29. The second-order valence-corrected chi connectivity index (χ2v) is 9.79. The molecule has 3 aromatic rings. The fourth-order valence-electron chi connectivity index (χ4n) is 3.60. The molecule has 0 bridgehead atoms. The molecule has 0 saturated carbocycles. The molecule has 0 aliphatic heterocycles. The van der Waals surface area contributed by atoms with E-state index < -0.39 is 28.3 Å². The number of anilines is 1. The average molecular weight is 455 g/mol. The maximum Gasteiger partial charge on any atom is 0.264 e. The molecule has 5 nitrogen and oxygen atoms in total. The molecule has 1 N–H and O–H groups in total. The third kappa shape index (κ3) is 5.16. The van der Waals surface area contributed by atoms with Crippen LogP contribution in [-0.2, 0) is 14.8 Å². The molecule has 0 fully saturated rings. The summed E-state index contributed by atoms with van der Waals surface area (Å²) in [7, 11) is -4.17. The molecule has 32 heavy (non-hydrogen) atoms. The predicted octanol–water partition coefficient (Wildman–Crippen LogP) is 4.82. The number of nitrogens with zero attached hydrogens (tertiary/aromatic N) is 1. The fraction of sp³-hybridized carbons (Fsp3) is 0.240. The van der Waals surface area contributed by atoms with E-state index in [1.807, 2.05) is 45.9 Å². The van der Waals surface area contributed by atoms with Crippen molar-refractivity contribution in [1.29, 1.82) is 0 Å². The van der Waals surface area contributed by atoms with Gasteiger partial charge < -0.3 is 5.32 Å². The molecule has 3 rings (SSSR count). The average Bonchev–Trinajstić information content (AvgIpc) is 2.72. The number of nitrogens with one attached hydrogen (secondary N) is 1. The Morgan fingerprint density at radius 2 is 1.59 bits per heavy atom. The summed E-state index contributed by atoms with van der Waals surface area (Å²) in [6, 6.07) is 17.3. The van der Waals surface area contributed by atoms with E-state index in [-0.39, 0.29) is 16.6 Å². The van der Waals surface area contributed by atoms with Crippen LogP contribution in [0.4, 0.5) is 10.1 Å². The fourth-order valence-corrected chi connectivity index (χ4v) is 5.03. The lowest BCUT2D eigenvalue weighted by atomic mass is 10.0. The Morgan fingerprint density at radius 1 is 0.969 bits per heavy atom. The Bertz CT molecular complexity index is 1220. The van der Waals surface area contributed by atoms with Gasteiger partial charge in [-0.1, -0.05) is 53.6 Å². The first kappa shape index (κ1) is 23.5. The van der Waals surface area contributed by atoms with Crippen molar-refractivity contribution in [3.63, 3.8) is 0 Å². The largest absolute Gasteiger partial charge is 0.348 e. The van der Waals surface area contributed by atoms with E-state index in [0.29, 0.717) is 0 Å². The molecule has 168 valence electrons. The van der Waals surface area contributed by atoms with E-state index in [1.54, 1.807) is 12.1 Å². The van der Waals surface area contributed by atoms with Crippen LogP contribution in [0.1, 0.15) is 35.2 Å². The predicted molar refractivity (Wildman–Crippen MR) is 125 cm³/mol. The highest BCUT2D eigenvalue weighted by Gasteiger charge is 2.29. The zero-order chi connectivity index (χ0) is 23.5. The van der Waals surface area contributed by atoms with Crippen LogP contribution in [0.25, 0.3) is 0 Å². The maximum atomic E-state index is 14.6. The monoisotopic (exact) mass is 454 g/mol. The highest BCUT2D eigenvalue weighted by Crippen LogP contribution is 2.26. The number of para-hydroxylation sites is 1. The summed E-state index contributed by atoms with van der Waals surface area (Å²) in [5, 5.41) is 2.84. The van der Waals surface area contributed by atoms with Gasteiger partial charge in [0.15, 0.2) is 0 Å². The van der Waals surface area contributed by atoms with E-state index in [2.05, 4.69) is 5.32 Å². The minimum absolute atomic E-state index is 0.0124. The molecule has 3 aromatic carbocycles. The van der Waals surface area contributed by atoms with Crippen molar-refractivity contribution in [3.05, 3.63) is 94.8 Å². The van der Waals surface area contributed by atoms with Crippen molar-refractivity contribution in [2.24, 2.45) is 0 Å². The minimum atomic E-state index is -4.17. The van der Waals surface area contributed by atoms with Gasteiger partial charge in [0.05, 0.1) is 16.6 Å². The minimum Gasteiger partial charge on any atom is -0.348 e. The molecule has 0 aromatic heterocycles. The van der Waals surface area contributed by atoms with Gasteiger partial charge in [0.25, 0.3) is 10.0 Å². The van der Waals surface area contributed by atoms with Gasteiger partial charge in [-0.05, 0) is 63.1 Å². The van der Waals surface area contributed by atoms with Gasteiger partial charge in [-0.15, -0.1) is 0 Å². The summed E-state index contributed by atoms with van der Waals surface area (Å²) >= 11 is 0. The second-order valence-electron chi connectivity index (χ2n) is 7.93. The number of hydrogen-bond donors (Lipinski definition) is 1. The number of rotatable bonds is 7. The number of benzene rings is 3. The van der Waals surface area contributed by atoms with Crippen LogP contribution >= 0.6 is 0 Å². The van der Waals surface area contributed by atoms with Gasteiger partial charge in [-0.25, -0.2) is 12.8 Å². The third-order valence-corrected chi connectivity index (χ3v) is 7.06. The Morgan fingerprint density at radius 3 is 2.22 bits per heavy atom. The van der Waals surface area contributed by atoms with Gasteiger partial charge in [-0.2, -0.15) is 0 Å². The summed E-state index contributed by atoms with van der Waals surface area (Å²) < 4.78 is 42.1. The summed E-state index contributed by atoms with van der Waals surface area (Å²) in [4.78, 5) is 12.9. The van der Waals surface area contributed by atoms with E-state index >= 15 is 0 Å². The molecule has 0 spiro atoms. The van der Waals surface area contributed by atoms with Crippen LogP contribution in [0.5, 0.6) is 0 Å². The molecule has 0 saturated heterocycles. The first-order chi connectivity index (χ1) is 15.1. The molecule has 0 heterocycles. The van der Waals surface area contributed by atoms with Crippen LogP contribution in [0.3, 0.4) is 0 Å². The van der Waals surface area contributed by atoms with Gasteiger partial charge in [0, 0.05) is 0 Å². The Kier molecular flexibility index (Phi) is 6.99. The van der Waals surface area contributed by atoms with E-state index in [4.69, 9.17) is 0 Å². The first-order valence-corrected chi connectivity index (χ1v) is 11.7. The van der Waals surface area contributed by atoms with Crippen LogP contribution in [0, 0.1) is 26.6 Å².